The second kappa shape index (κ2) is 8.47. The molecule has 138 valence electrons. The number of carboxylic acid groups (broad SMARTS) is 1. The van der Waals surface area contributed by atoms with Crippen LogP contribution in [0, 0.1) is 11.8 Å². The van der Waals surface area contributed by atoms with E-state index in [4.69, 9.17) is 4.74 Å². The summed E-state index contributed by atoms with van der Waals surface area (Å²) in [4.78, 5) is 37.2. The molecular formula is C18H25NO5S. The van der Waals surface area contributed by atoms with Gasteiger partial charge in [-0.25, -0.2) is 4.79 Å². The SMILES string of the molecule is CCOC(=O)c1cc(C(C)C)sc1NC(=O)[C@@H]1CCCC[C@H]1C(=O)O. The van der Waals surface area contributed by atoms with Crippen LogP contribution in [0.5, 0.6) is 0 Å². The molecule has 0 bridgehead atoms. The van der Waals surface area contributed by atoms with Crippen molar-refractivity contribution in [2.75, 3.05) is 11.9 Å². The molecule has 0 spiro atoms. The number of nitrogens with one attached hydrogen (secondary N) is 1. The minimum absolute atomic E-state index is 0.213. The Labute approximate surface area is 151 Å². The van der Waals surface area contributed by atoms with Crippen molar-refractivity contribution in [1.82, 2.24) is 0 Å². The lowest BCUT2D eigenvalue weighted by atomic mass is 9.79. The van der Waals surface area contributed by atoms with Gasteiger partial charge in [-0.1, -0.05) is 26.7 Å². The molecule has 2 rings (SSSR count). The first-order valence-electron chi connectivity index (χ1n) is 8.69. The smallest absolute Gasteiger partial charge is 0.341 e. The van der Waals surface area contributed by atoms with Gasteiger partial charge >= 0.3 is 11.9 Å². The minimum Gasteiger partial charge on any atom is -0.481 e. The fraction of sp³-hybridized carbons (Fsp3) is 0.611. The lowest BCUT2D eigenvalue weighted by Gasteiger charge is -2.27. The summed E-state index contributed by atoms with van der Waals surface area (Å²) in [5.41, 5.74) is 0.339. The van der Waals surface area contributed by atoms with Crippen molar-refractivity contribution < 1.29 is 24.2 Å². The highest BCUT2D eigenvalue weighted by atomic mass is 32.1. The van der Waals surface area contributed by atoms with Crippen LogP contribution in [-0.2, 0) is 14.3 Å². The fourth-order valence-electron chi connectivity index (χ4n) is 3.09. The van der Waals surface area contributed by atoms with E-state index in [-0.39, 0.29) is 18.4 Å². The van der Waals surface area contributed by atoms with E-state index in [0.29, 0.717) is 23.4 Å². The number of carbonyl (C=O) groups excluding carboxylic acids is 2. The Hall–Kier alpha value is -1.89. The number of carbonyl (C=O) groups is 3. The van der Waals surface area contributed by atoms with Crippen LogP contribution in [0.1, 0.15) is 67.6 Å². The van der Waals surface area contributed by atoms with Gasteiger partial charge in [0.2, 0.25) is 5.91 Å². The Kier molecular flexibility index (Phi) is 6.58. The van der Waals surface area contributed by atoms with E-state index in [0.717, 1.165) is 17.7 Å². The van der Waals surface area contributed by atoms with E-state index in [2.05, 4.69) is 5.32 Å². The Morgan fingerprint density at radius 2 is 1.92 bits per heavy atom. The van der Waals surface area contributed by atoms with E-state index in [9.17, 15) is 19.5 Å². The molecule has 1 fully saturated rings. The van der Waals surface area contributed by atoms with Crippen LogP contribution in [0.2, 0.25) is 0 Å². The van der Waals surface area contributed by atoms with Crippen LogP contribution < -0.4 is 5.32 Å². The average molecular weight is 367 g/mol. The number of ether oxygens (including phenoxy) is 1. The van der Waals surface area contributed by atoms with Crippen LogP contribution in [-0.4, -0.2) is 29.6 Å². The fourth-order valence-corrected chi connectivity index (χ4v) is 4.14. The number of amides is 1. The lowest BCUT2D eigenvalue weighted by Crippen LogP contribution is -2.36. The molecule has 6 nitrogen and oxygen atoms in total. The summed E-state index contributed by atoms with van der Waals surface area (Å²) in [6.07, 6.45) is 2.74. The Balaban J connectivity index is 2.24. The summed E-state index contributed by atoms with van der Waals surface area (Å²) >= 11 is 1.34. The normalized spacial score (nSPS) is 20.3. The van der Waals surface area contributed by atoms with E-state index in [1.54, 1.807) is 13.0 Å². The quantitative estimate of drug-likeness (QED) is 0.744. The number of rotatable bonds is 6. The van der Waals surface area contributed by atoms with Gasteiger partial charge in [-0.15, -0.1) is 11.3 Å². The molecule has 1 aromatic heterocycles. The number of esters is 1. The second-order valence-electron chi connectivity index (χ2n) is 6.59. The van der Waals surface area contributed by atoms with Crippen molar-refractivity contribution in [3.8, 4) is 0 Å². The summed E-state index contributed by atoms with van der Waals surface area (Å²) < 4.78 is 5.07. The zero-order valence-electron chi connectivity index (χ0n) is 14.8. The summed E-state index contributed by atoms with van der Waals surface area (Å²) in [5, 5.41) is 12.6. The van der Waals surface area contributed by atoms with Crippen molar-refractivity contribution in [1.29, 1.82) is 0 Å². The zero-order valence-corrected chi connectivity index (χ0v) is 15.6. The van der Waals surface area contributed by atoms with Crippen LogP contribution in [0.4, 0.5) is 5.00 Å². The van der Waals surface area contributed by atoms with Crippen molar-refractivity contribution >= 4 is 34.2 Å². The highest BCUT2D eigenvalue weighted by Crippen LogP contribution is 2.36. The van der Waals surface area contributed by atoms with E-state index in [1.165, 1.54) is 11.3 Å². The molecule has 1 aliphatic rings. The van der Waals surface area contributed by atoms with Crippen LogP contribution in [0.15, 0.2) is 6.07 Å². The van der Waals surface area contributed by atoms with Crippen molar-refractivity contribution in [3.63, 3.8) is 0 Å². The van der Waals surface area contributed by atoms with Gasteiger partial charge in [-0.3, -0.25) is 9.59 Å². The lowest BCUT2D eigenvalue weighted by molar-refractivity contribution is -0.147. The number of hydrogen-bond acceptors (Lipinski definition) is 5. The van der Waals surface area contributed by atoms with Gasteiger partial charge in [-0.05, 0) is 31.7 Å². The predicted octanol–water partition coefficient (Wildman–Crippen LogP) is 3.88. The zero-order chi connectivity index (χ0) is 18.6. The second-order valence-corrected chi connectivity index (χ2v) is 7.68. The minimum atomic E-state index is -0.931. The van der Waals surface area contributed by atoms with E-state index < -0.39 is 23.8 Å². The molecule has 0 aromatic carbocycles. The highest BCUT2D eigenvalue weighted by Gasteiger charge is 2.36. The number of hydrogen-bond donors (Lipinski definition) is 2. The average Bonchev–Trinajstić information content (AvgIpc) is 2.99. The van der Waals surface area contributed by atoms with Gasteiger partial charge in [0.15, 0.2) is 0 Å². The molecule has 1 aromatic rings. The highest BCUT2D eigenvalue weighted by molar-refractivity contribution is 7.16. The summed E-state index contributed by atoms with van der Waals surface area (Å²) in [5.74, 6) is -2.74. The summed E-state index contributed by atoms with van der Waals surface area (Å²) in [6.45, 7) is 6.00. The van der Waals surface area contributed by atoms with Gasteiger partial charge in [-0.2, -0.15) is 0 Å². The summed E-state index contributed by atoms with van der Waals surface area (Å²) in [6, 6.07) is 1.75. The Morgan fingerprint density at radius 3 is 2.48 bits per heavy atom. The maximum Gasteiger partial charge on any atom is 0.341 e. The number of aliphatic carboxylic acids is 1. The first-order chi connectivity index (χ1) is 11.8. The van der Waals surface area contributed by atoms with Crippen molar-refractivity contribution in [2.45, 2.75) is 52.4 Å². The standard InChI is InChI=1S/C18H25NO5S/c1-4-24-18(23)13-9-14(10(2)3)25-16(13)19-15(20)11-7-5-6-8-12(11)17(21)22/h9-12H,4-8H2,1-3H3,(H,19,20)(H,21,22)/t11-,12-/m1/s1. The van der Waals surface area contributed by atoms with Gasteiger partial charge in [0, 0.05) is 4.88 Å². The van der Waals surface area contributed by atoms with E-state index in [1.807, 2.05) is 13.8 Å². The predicted molar refractivity (Wildman–Crippen MR) is 96.1 cm³/mol. The van der Waals surface area contributed by atoms with Crippen LogP contribution >= 0.6 is 11.3 Å². The van der Waals surface area contributed by atoms with Crippen LogP contribution in [0.25, 0.3) is 0 Å². The maximum atomic E-state index is 12.7. The van der Waals surface area contributed by atoms with Crippen LogP contribution in [0.3, 0.4) is 0 Å². The Bertz CT molecular complexity index is 652. The molecular weight excluding hydrogens is 342 g/mol. The molecule has 25 heavy (non-hydrogen) atoms. The van der Waals surface area contributed by atoms with E-state index >= 15 is 0 Å². The molecule has 1 amide bonds. The molecule has 0 radical (unpaired) electrons. The number of anilines is 1. The first-order valence-corrected chi connectivity index (χ1v) is 9.51. The molecule has 2 N–H and O–H groups in total. The molecule has 0 unspecified atom stereocenters. The maximum absolute atomic E-state index is 12.7. The monoisotopic (exact) mass is 367 g/mol. The number of thiophene rings is 1. The summed E-state index contributed by atoms with van der Waals surface area (Å²) in [7, 11) is 0. The molecule has 1 saturated carbocycles. The third-order valence-electron chi connectivity index (χ3n) is 4.47. The topological polar surface area (TPSA) is 92.7 Å². The molecule has 7 heteroatoms. The molecule has 1 aliphatic carbocycles. The third-order valence-corrected chi connectivity index (χ3v) is 5.82. The molecule has 1 heterocycles. The van der Waals surface area contributed by atoms with Gasteiger partial charge in [0.1, 0.15) is 5.00 Å². The van der Waals surface area contributed by atoms with Gasteiger partial charge < -0.3 is 15.2 Å². The van der Waals surface area contributed by atoms with Gasteiger partial charge in [0.05, 0.1) is 24.0 Å². The third kappa shape index (κ3) is 4.60. The van der Waals surface area contributed by atoms with Gasteiger partial charge in [0.25, 0.3) is 0 Å². The molecule has 2 atom stereocenters. The number of carboxylic acids is 1. The molecule has 0 saturated heterocycles. The molecule has 0 aliphatic heterocycles. The Morgan fingerprint density at radius 1 is 1.28 bits per heavy atom. The first kappa shape index (κ1) is 19.4. The largest absolute Gasteiger partial charge is 0.481 e. The van der Waals surface area contributed by atoms with Crippen molar-refractivity contribution in [3.05, 3.63) is 16.5 Å². The van der Waals surface area contributed by atoms with Crippen molar-refractivity contribution in [2.24, 2.45) is 11.8 Å².